The average Bonchev–Trinajstić information content (AvgIpc) is 3.12. The zero-order valence-electron chi connectivity index (χ0n) is 27.3. The number of ketones is 1. The largest absolute Gasteiger partial charge is 0.452 e. The van der Waals surface area contributed by atoms with Crippen LogP contribution >= 0.6 is 0 Å². The minimum Gasteiger partial charge on any atom is -0.377 e. The zero-order valence-corrected chi connectivity index (χ0v) is 27.3. The lowest BCUT2D eigenvalue weighted by atomic mass is 10.0. The van der Waals surface area contributed by atoms with Crippen molar-refractivity contribution in [1.29, 1.82) is 0 Å². The minimum absolute atomic E-state index is 0.0686. The number of halogens is 3. The minimum atomic E-state index is -5.10. The third-order valence-corrected chi connectivity index (χ3v) is 6.54. The molecule has 0 saturated carbocycles. The highest BCUT2D eigenvalue weighted by atomic mass is 19.4. The van der Waals surface area contributed by atoms with Crippen molar-refractivity contribution in [3.8, 4) is 24.2 Å². The van der Waals surface area contributed by atoms with E-state index in [4.69, 9.17) is 30.1 Å². The molecule has 1 N–H and O–H groups in total. The fraction of sp³-hybridized carbons (Fsp3) is 0.351. The molecule has 13 heteroatoms. The van der Waals surface area contributed by atoms with Gasteiger partial charge in [0, 0.05) is 17.5 Å². The lowest BCUT2D eigenvalue weighted by Gasteiger charge is -2.19. The Kier molecular flexibility index (Phi) is 17.9. The molecule has 264 valence electrons. The standard InChI is InChI=1S/C37H38F3N3O7/c1-2-18-46-20-22-48-24-26-50-27-25-49-23-21-47-19-6-9-29-10-14-32(15-11-29)42-43-33-16-12-31(13-17-33)36(45)41-34(35(44)37(38,39)40)28-30-7-4-3-5-8-30/h1,3-5,7-8,10-17,34H,18-28H2,(H,41,45)/t34-/m0/s1. The fourth-order valence-electron chi connectivity index (χ4n) is 4.07. The number of rotatable bonds is 21. The first-order valence-corrected chi connectivity index (χ1v) is 15.6. The van der Waals surface area contributed by atoms with Crippen LogP contribution in [0, 0.1) is 24.2 Å². The van der Waals surface area contributed by atoms with Gasteiger partial charge < -0.3 is 29.0 Å². The van der Waals surface area contributed by atoms with Gasteiger partial charge in [0.25, 0.3) is 11.7 Å². The molecule has 3 rings (SSSR count). The Balaban J connectivity index is 1.33. The van der Waals surface area contributed by atoms with Crippen LogP contribution < -0.4 is 5.32 Å². The number of amides is 1. The van der Waals surface area contributed by atoms with Crippen LogP contribution in [0.2, 0.25) is 0 Å². The molecule has 0 aliphatic carbocycles. The first-order chi connectivity index (χ1) is 24.3. The van der Waals surface area contributed by atoms with E-state index >= 15 is 0 Å². The Labute approximate surface area is 289 Å². The predicted octanol–water partition coefficient (Wildman–Crippen LogP) is 5.64. The van der Waals surface area contributed by atoms with Crippen LogP contribution in [0.3, 0.4) is 0 Å². The molecule has 0 fully saturated rings. The molecule has 0 saturated heterocycles. The summed E-state index contributed by atoms with van der Waals surface area (Å²) in [7, 11) is 0. The average molecular weight is 694 g/mol. The topological polar surface area (TPSA) is 117 Å². The van der Waals surface area contributed by atoms with Crippen LogP contribution in [0.5, 0.6) is 0 Å². The van der Waals surface area contributed by atoms with E-state index < -0.39 is 23.9 Å². The van der Waals surface area contributed by atoms with Crippen molar-refractivity contribution < 1.29 is 46.4 Å². The van der Waals surface area contributed by atoms with Gasteiger partial charge >= 0.3 is 6.18 Å². The van der Waals surface area contributed by atoms with Gasteiger partial charge in [-0.05, 0) is 54.1 Å². The van der Waals surface area contributed by atoms with E-state index in [1.807, 2.05) is 0 Å². The number of nitrogens with zero attached hydrogens (tertiary/aromatic N) is 2. The molecule has 3 aromatic carbocycles. The Hall–Kier alpha value is -4.89. The molecule has 0 spiro atoms. The highest BCUT2D eigenvalue weighted by molar-refractivity contribution is 5.99. The molecular weight excluding hydrogens is 655 g/mol. The predicted molar refractivity (Wildman–Crippen MR) is 179 cm³/mol. The number of alkyl halides is 3. The number of terminal acetylenes is 1. The van der Waals surface area contributed by atoms with E-state index in [2.05, 4.69) is 33.3 Å². The molecule has 0 bridgehead atoms. The first kappa shape index (κ1) is 39.5. The van der Waals surface area contributed by atoms with Gasteiger partial charge in [-0.25, -0.2) is 0 Å². The Morgan fingerprint density at radius 3 is 1.72 bits per heavy atom. The zero-order chi connectivity index (χ0) is 35.9. The van der Waals surface area contributed by atoms with Crippen molar-refractivity contribution in [3.05, 3.63) is 95.6 Å². The van der Waals surface area contributed by atoms with E-state index in [0.29, 0.717) is 69.8 Å². The molecule has 0 aliphatic rings. The molecule has 0 unspecified atom stereocenters. The molecule has 0 aromatic heterocycles. The lowest BCUT2D eigenvalue weighted by Crippen LogP contribution is -2.48. The second kappa shape index (κ2) is 22.7. The third kappa shape index (κ3) is 16.0. The molecule has 0 aliphatic heterocycles. The summed E-state index contributed by atoms with van der Waals surface area (Å²) in [6.45, 7) is 4.09. The number of hydrogen-bond acceptors (Lipinski definition) is 9. The summed E-state index contributed by atoms with van der Waals surface area (Å²) in [6.07, 6.45) is -0.317. The Bertz CT molecular complexity index is 1580. The first-order valence-electron chi connectivity index (χ1n) is 15.6. The number of ether oxygens (including phenoxy) is 5. The van der Waals surface area contributed by atoms with Gasteiger partial charge in [-0.1, -0.05) is 48.1 Å². The number of nitrogens with one attached hydrogen (secondary N) is 1. The van der Waals surface area contributed by atoms with Crippen molar-refractivity contribution >= 4 is 23.1 Å². The van der Waals surface area contributed by atoms with Crippen molar-refractivity contribution in [2.45, 2.75) is 18.6 Å². The summed E-state index contributed by atoms with van der Waals surface area (Å²) in [6, 6.07) is 19.2. The molecule has 1 atom stereocenters. The quantitative estimate of drug-likeness (QED) is 0.0872. The number of Topliss-reactive ketones (excluding diaryl/α,β-unsaturated/α-hetero) is 1. The van der Waals surface area contributed by atoms with E-state index in [-0.39, 0.29) is 25.2 Å². The summed E-state index contributed by atoms with van der Waals surface area (Å²) in [4.78, 5) is 24.7. The monoisotopic (exact) mass is 693 g/mol. The van der Waals surface area contributed by atoms with E-state index in [0.717, 1.165) is 5.56 Å². The summed E-state index contributed by atoms with van der Waals surface area (Å²) in [5, 5.41) is 10.5. The van der Waals surface area contributed by atoms with Crippen LogP contribution in [0.1, 0.15) is 21.5 Å². The van der Waals surface area contributed by atoms with Crippen LogP contribution in [-0.4, -0.2) is 90.0 Å². The number of benzene rings is 3. The smallest absolute Gasteiger partial charge is 0.377 e. The molecule has 1 amide bonds. The fourth-order valence-corrected chi connectivity index (χ4v) is 4.07. The van der Waals surface area contributed by atoms with Crippen LogP contribution in [-0.2, 0) is 34.9 Å². The third-order valence-electron chi connectivity index (χ3n) is 6.54. The van der Waals surface area contributed by atoms with Gasteiger partial charge in [-0.3, -0.25) is 9.59 Å². The van der Waals surface area contributed by atoms with Gasteiger partial charge in [0.1, 0.15) is 19.3 Å². The SMILES string of the molecule is C#CCOCCOCCOCCOCCOCC#Cc1ccc(N=Nc2ccc(C(=O)N[C@@H](Cc3ccccc3)C(=O)C(F)(F)F)cc2)cc1. The normalized spacial score (nSPS) is 11.8. The maximum atomic E-state index is 13.2. The maximum absolute atomic E-state index is 13.2. The summed E-state index contributed by atoms with van der Waals surface area (Å²) >= 11 is 0. The van der Waals surface area contributed by atoms with Gasteiger partial charge in [0.2, 0.25) is 0 Å². The van der Waals surface area contributed by atoms with Crippen molar-refractivity contribution in [1.82, 2.24) is 5.32 Å². The highest BCUT2D eigenvalue weighted by Gasteiger charge is 2.44. The summed E-state index contributed by atoms with van der Waals surface area (Å²) in [5.74, 6) is 5.47. The summed E-state index contributed by atoms with van der Waals surface area (Å²) < 4.78 is 66.3. The second-order valence-electron chi connectivity index (χ2n) is 10.3. The lowest BCUT2D eigenvalue weighted by molar-refractivity contribution is -0.173. The number of azo groups is 1. The van der Waals surface area contributed by atoms with Crippen LogP contribution in [0.4, 0.5) is 24.5 Å². The number of carbonyl (C=O) groups excluding carboxylic acids is 2. The van der Waals surface area contributed by atoms with Crippen molar-refractivity contribution in [3.63, 3.8) is 0 Å². The molecule has 0 heterocycles. The molecule has 0 radical (unpaired) electrons. The van der Waals surface area contributed by atoms with E-state index in [1.165, 1.54) is 24.3 Å². The van der Waals surface area contributed by atoms with Crippen LogP contribution in [0.25, 0.3) is 0 Å². The van der Waals surface area contributed by atoms with Gasteiger partial charge in [-0.15, -0.1) is 6.42 Å². The molecule has 50 heavy (non-hydrogen) atoms. The van der Waals surface area contributed by atoms with Gasteiger partial charge in [-0.2, -0.15) is 23.4 Å². The van der Waals surface area contributed by atoms with E-state index in [1.54, 1.807) is 54.6 Å². The summed E-state index contributed by atoms with van der Waals surface area (Å²) in [5.41, 5.74) is 2.28. The Morgan fingerprint density at radius 2 is 1.20 bits per heavy atom. The second-order valence-corrected chi connectivity index (χ2v) is 10.3. The Morgan fingerprint density at radius 1 is 0.700 bits per heavy atom. The maximum Gasteiger partial charge on any atom is 0.452 e. The van der Waals surface area contributed by atoms with Crippen molar-refractivity contribution in [2.75, 3.05) is 66.1 Å². The van der Waals surface area contributed by atoms with Gasteiger partial charge in [0.05, 0.1) is 64.2 Å². The van der Waals surface area contributed by atoms with Crippen molar-refractivity contribution in [2.24, 2.45) is 10.2 Å². The number of hydrogen-bond donors (Lipinski definition) is 1. The molecule has 10 nitrogen and oxygen atoms in total. The molecule has 3 aromatic rings. The molecular formula is C37H38F3N3O7. The van der Waals surface area contributed by atoms with Gasteiger partial charge in [0.15, 0.2) is 0 Å². The number of carbonyl (C=O) groups is 2. The van der Waals surface area contributed by atoms with E-state index in [9.17, 15) is 22.8 Å². The van der Waals surface area contributed by atoms with Crippen LogP contribution in [0.15, 0.2) is 89.1 Å². The highest BCUT2D eigenvalue weighted by Crippen LogP contribution is 2.22.